The van der Waals surface area contributed by atoms with Crippen molar-refractivity contribution < 1.29 is 4.79 Å². The molecule has 0 spiro atoms. The number of piperazine rings is 1. The second kappa shape index (κ2) is 3.70. The van der Waals surface area contributed by atoms with Crippen LogP contribution in [-0.2, 0) is 4.79 Å². The number of carbonyl (C=O) groups is 1. The molecule has 4 heteroatoms. The molecule has 0 bridgehead atoms. The fraction of sp³-hybridized carbons (Fsp3) is 0.917. The Morgan fingerprint density at radius 2 is 2.00 bits per heavy atom. The Morgan fingerprint density at radius 1 is 1.19 bits per heavy atom. The fourth-order valence-corrected chi connectivity index (χ4v) is 3.00. The first-order chi connectivity index (χ1) is 7.69. The Labute approximate surface area is 96.8 Å². The first-order valence-corrected chi connectivity index (χ1v) is 6.51. The number of fused-ring (bicyclic) bond motifs is 1. The Balaban J connectivity index is 1.64. The van der Waals surface area contributed by atoms with E-state index in [0.717, 1.165) is 32.5 Å². The van der Waals surface area contributed by atoms with Gasteiger partial charge in [-0.1, -0.05) is 6.42 Å². The molecule has 3 rings (SSSR count). The molecule has 1 unspecified atom stereocenters. The van der Waals surface area contributed by atoms with E-state index in [1.165, 1.54) is 25.8 Å². The SMILES string of the molecule is NC1(C(=O)N2CCN3CCCCC3C2)CC1. The Bertz CT molecular complexity index is 301. The second-order valence-electron chi connectivity index (χ2n) is 5.59. The normalized spacial score (nSPS) is 33.3. The molecule has 3 fully saturated rings. The third kappa shape index (κ3) is 1.74. The van der Waals surface area contributed by atoms with Gasteiger partial charge in [0, 0.05) is 25.7 Å². The molecule has 1 saturated carbocycles. The van der Waals surface area contributed by atoms with Gasteiger partial charge in [-0.2, -0.15) is 0 Å². The molecule has 16 heavy (non-hydrogen) atoms. The largest absolute Gasteiger partial charge is 0.338 e. The number of nitrogens with zero attached hydrogens (tertiary/aromatic N) is 2. The van der Waals surface area contributed by atoms with Gasteiger partial charge in [0.15, 0.2) is 0 Å². The van der Waals surface area contributed by atoms with Crippen LogP contribution in [0, 0.1) is 0 Å². The lowest BCUT2D eigenvalue weighted by Crippen LogP contribution is -2.59. The minimum absolute atomic E-state index is 0.206. The van der Waals surface area contributed by atoms with Crippen molar-refractivity contribution in [3.63, 3.8) is 0 Å². The summed E-state index contributed by atoms with van der Waals surface area (Å²) in [5, 5.41) is 0. The summed E-state index contributed by atoms with van der Waals surface area (Å²) >= 11 is 0. The molecule has 0 aromatic heterocycles. The van der Waals surface area contributed by atoms with Gasteiger partial charge >= 0.3 is 0 Å². The molecule has 2 heterocycles. The van der Waals surface area contributed by atoms with E-state index in [9.17, 15) is 4.79 Å². The third-order valence-corrected chi connectivity index (χ3v) is 4.34. The number of rotatable bonds is 1. The van der Waals surface area contributed by atoms with Gasteiger partial charge in [-0.15, -0.1) is 0 Å². The van der Waals surface area contributed by atoms with E-state index in [1.807, 2.05) is 4.90 Å². The van der Waals surface area contributed by atoms with Crippen LogP contribution in [0.4, 0.5) is 0 Å². The van der Waals surface area contributed by atoms with E-state index in [0.29, 0.717) is 6.04 Å². The molecule has 3 aliphatic rings. The van der Waals surface area contributed by atoms with Gasteiger partial charge in [-0.05, 0) is 32.2 Å². The van der Waals surface area contributed by atoms with Crippen molar-refractivity contribution in [2.24, 2.45) is 5.73 Å². The average molecular weight is 223 g/mol. The smallest absolute Gasteiger partial charge is 0.242 e. The monoisotopic (exact) mass is 223 g/mol. The summed E-state index contributed by atoms with van der Waals surface area (Å²) in [4.78, 5) is 16.7. The molecule has 1 amide bonds. The third-order valence-electron chi connectivity index (χ3n) is 4.34. The minimum Gasteiger partial charge on any atom is -0.338 e. The van der Waals surface area contributed by atoms with E-state index >= 15 is 0 Å². The Hall–Kier alpha value is -0.610. The van der Waals surface area contributed by atoms with Crippen LogP contribution in [0.1, 0.15) is 32.1 Å². The Morgan fingerprint density at radius 3 is 2.75 bits per heavy atom. The van der Waals surface area contributed by atoms with Crippen molar-refractivity contribution in [3.8, 4) is 0 Å². The molecule has 0 radical (unpaired) electrons. The number of nitrogens with two attached hydrogens (primary N) is 1. The summed E-state index contributed by atoms with van der Waals surface area (Å²) in [6.07, 6.45) is 5.66. The lowest BCUT2D eigenvalue weighted by molar-refractivity contribution is -0.137. The molecular formula is C12H21N3O. The van der Waals surface area contributed by atoms with Crippen LogP contribution in [0.15, 0.2) is 0 Å². The van der Waals surface area contributed by atoms with Gasteiger partial charge in [0.25, 0.3) is 0 Å². The highest BCUT2D eigenvalue weighted by atomic mass is 16.2. The number of piperidine rings is 1. The number of hydrogen-bond donors (Lipinski definition) is 1. The maximum Gasteiger partial charge on any atom is 0.242 e. The van der Waals surface area contributed by atoms with Crippen molar-refractivity contribution in [2.75, 3.05) is 26.2 Å². The molecule has 90 valence electrons. The number of amides is 1. The lowest BCUT2D eigenvalue weighted by atomic mass is 9.99. The molecule has 1 aliphatic carbocycles. The topological polar surface area (TPSA) is 49.6 Å². The summed E-state index contributed by atoms with van der Waals surface area (Å²) in [7, 11) is 0. The van der Waals surface area contributed by atoms with E-state index in [-0.39, 0.29) is 5.91 Å². The van der Waals surface area contributed by atoms with Crippen molar-refractivity contribution >= 4 is 5.91 Å². The van der Waals surface area contributed by atoms with Gasteiger partial charge in [0.05, 0.1) is 5.54 Å². The summed E-state index contributed by atoms with van der Waals surface area (Å²) in [6.45, 7) is 4.07. The summed E-state index contributed by atoms with van der Waals surface area (Å²) < 4.78 is 0. The molecule has 2 N–H and O–H groups in total. The lowest BCUT2D eigenvalue weighted by Gasteiger charge is -2.44. The molecule has 2 aliphatic heterocycles. The van der Waals surface area contributed by atoms with Gasteiger partial charge in [-0.3, -0.25) is 9.69 Å². The summed E-state index contributed by atoms with van der Waals surface area (Å²) in [5.74, 6) is 0.206. The van der Waals surface area contributed by atoms with Crippen molar-refractivity contribution in [3.05, 3.63) is 0 Å². The molecular weight excluding hydrogens is 202 g/mol. The van der Waals surface area contributed by atoms with Crippen LogP contribution in [-0.4, -0.2) is 53.5 Å². The minimum atomic E-state index is -0.475. The molecule has 0 aromatic rings. The van der Waals surface area contributed by atoms with E-state index in [4.69, 9.17) is 5.73 Å². The molecule has 0 aromatic carbocycles. The van der Waals surface area contributed by atoms with Crippen LogP contribution in [0.5, 0.6) is 0 Å². The zero-order chi connectivity index (χ0) is 11.2. The highest BCUT2D eigenvalue weighted by Gasteiger charge is 2.49. The van der Waals surface area contributed by atoms with Crippen molar-refractivity contribution in [2.45, 2.75) is 43.7 Å². The molecule has 2 saturated heterocycles. The van der Waals surface area contributed by atoms with Crippen molar-refractivity contribution in [1.29, 1.82) is 0 Å². The standard InChI is InChI=1S/C12H21N3O/c13-12(4-5-12)11(16)15-8-7-14-6-2-1-3-10(14)9-15/h10H,1-9,13H2. The van der Waals surface area contributed by atoms with Crippen LogP contribution >= 0.6 is 0 Å². The zero-order valence-electron chi connectivity index (χ0n) is 9.82. The summed E-state index contributed by atoms with van der Waals surface area (Å²) in [6, 6.07) is 0.605. The highest BCUT2D eigenvalue weighted by molar-refractivity contribution is 5.89. The number of carbonyl (C=O) groups excluding carboxylic acids is 1. The van der Waals surface area contributed by atoms with Crippen LogP contribution < -0.4 is 5.73 Å². The number of hydrogen-bond acceptors (Lipinski definition) is 3. The van der Waals surface area contributed by atoms with Gasteiger partial charge < -0.3 is 10.6 Å². The van der Waals surface area contributed by atoms with Crippen molar-refractivity contribution in [1.82, 2.24) is 9.80 Å². The Kier molecular flexibility index (Phi) is 2.44. The van der Waals surface area contributed by atoms with E-state index < -0.39 is 5.54 Å². The molecule has 1 atom stereocenters. The van der Waals surface area contributed by atoms with E-state index in [1.54, 1.807) is 0 Å². The second-order valence-corrected chi connectivity index (χ2v) is 5.59. The predicted molar refractivity (Wildman–Crippen MR) is 61.9 cm³/mol. The van der Waals surface area contributed by atoms with Gasteiger partial charge in [0.2, 0.25) is 5.91 Å². The van der Waals surface area contributed by atoms with Crippen LogP contribution in [0.2, 0.25) is 0 Å². The highest BCUT2D eigenvalue weighted by Crippen LogP contribution is 2.35. The van der Waals surface area contributed by atoms with Gasteiger partial charge in [0.1, 0.15) is 0 Å². The predicted octanol–water partition coefficient (Wildman–Crippen LogP) is 0.174. The molecule has 4 nitrogen and oxygen atoms in total. The van der Waals surface area contributed by atoms with E-state index in [2.05, 4.69) is 4.90 Å². The first kappa shape index (κ1) is 10.5. The fourth-order valence-electron chi connectivity index (χ4n) is 3.00. The quantitative estimate of drug-likeness (QED) is 0.689. The zero-order valence-corrected chi connectivity index (χ0v) is 9.82. The maximum absolute atomic E-state index is 12.1. The average Bonchev–Trinajstić information content (AvgIpc) is 3.07. The van der Waals surface area contributed by atoms with Crippen LogP contribution in [0.25, 0.3) is 0 Å². The first-order valence-electron chi connectivity index (χ1n) is 6.51. The van der Waals surface area contributed by atoms with Crippen LogP contribution in [0.3, 0.4) is 0 Å². The summed E-state index contributed by atoms with van der Waals surface area (Å²) in [5.41, 5.74) is 5.51. The van der Waals surface area contributed by atoms with Gasteiger partial charge in [-0.25, -0.2) is 0 Å². The maximum atomic E-state index is 12.1.